The minimum absolute atomic E-state index is 0.0698. The molecule has 0 saturated carbocycles. The second-order valence-corrected chi connectivity index (χ2v) is 8.68. The quantitative estimate of drug-likeness (QED) is 0.284. The molecule has 0 radical (unpaired) electrons. The number of rotatable bonds is 8. The first-order valence-electron chi connectivity index (χ1n) is 9.44. The van der Waals surface area contributed by atoms with Crippen LogP contribution < -0.4 is 9.47 Å². The molecule has 164 valence electrons. The number of ether oxygens (including phenoxy) is 2. The molecule has 0 atom stereocenters. The number of hydrogen-bond donors (Lipinski definition) is 1. The number of carboxylic acid groups (broad SMARTS) is 1. The van der Waals surface area contributed by atoms with Crippen LogP contribution in [0.25, 0.3) is 6.08 Å². The Morgan fingerprint density at radius 2 is 2.06 bits per heavy atom. The van der Waals surface area contributed by atoms with E-state index in [9.17, 15) is 14.4 Å². The molecule has 32 heavy (non-hydrogen) atoms. The van der Waals surface area contributed by atoms with Crippen molar-refractivity contribution < 1.29 is 29.0 Å². The van der Waals surface area contributed by atoms with Crippen molar-refractivity contribution >= 4 is 57.5 Å². The summed E-state index contributed by atoms with van der Waals surface area (Å²) in [5, 5.41) is 8.75. The zero-order valence-electron chi connectivity index (χ0n) is 17.0. The molecule has 1 saturated heterocycles. The number of benzene rings is 2. The predicted molar refractivity (Wildman–Crippen MR) is 130 cm³/mol. The van der Waals surface area contributed by atoms with E-state index in [2.05, 4.69) is 28.5 Å². The summed E-state index contributed by atoms with van der Waals surface area (Å²) in [6.07, 6.45) is 6.85. The first-order chi connectivity index (χ1) is 15.3. The van der Waals surface area contributed by atoms with Crippen molar-refractivity contribution in [2.24, 2.45) is 0 Å². The Morgan fingerprint density at radius 1 is 1.28 bits per heavy atom. The number of carbonyl (C=O) groups is 3. The van der Waals surface area contributed by atoms with Crippen LogP contribution in [0.2, 0.25) is 0 Å². The van der Waals surface area contributed by atoms with Gasteiger partial charge in [-0.1, -0.05) is 18.1 Å². The molecule has 1 aliphatic rings. The van der Waals surface area contributed by atoms with Crippen molar-refractivity contribution in [3.8, 4) is 23.8 Å². The van der Waals surface area contributed by atoms with Gasteiger partial charge >= 0.3 is 5.97 Å². The Kier molecular flexibility index (Phi) is 7.82. The molecule has 9 heteroatoms. The van der Waals surface area contributed by atoms with Gasteiger partial charge in [0, 0.05) is 0 Å². The number of terminal acetylenes is 1. The molecule has 0 bridgehead atoms. The number of amides is 2. The third-order valence-corrected chi connectivity index (χ3v) is 6.02. The first-order valence-corrected chi connectivity index (χ1v) is 11.3. The van der Waals surface area contributed by atoms with Crippen LogP contribution in [0, 0.1) is 15.9 Å². The second kappa shape index (κ2) is 10.6. The van der Waals surface area contributed by atoms with Gasteiger partial charge in [0.2, 0.25) is 0 Å². The average Bonchev–Trinajstić information content (AvgIpc) is 3.01. The molecule has 2 aromatic rings. The van der Waals surface area contributed by atoms with Crippen LogP contribution in [0.5, 0.6) is 11.5 Å². The third-order valence-electron chi connectivity index (χ3n) is 4.31. The van der Waals surface area contributed by atoms with E-state index in [1.165, 1.54) is 6.07 Å². The summed E-state index contributed by atoms with van der Waals surface area (Å²) in [7, 11) is 0. The van der Waals surface area contributed by atoms with Crippen LogP contribution in [0.15, 0.2) is 41.3 Å². The molecule has 0 unspecified atom stereocenters. The molecule has 2 aromatic carbocycles. The Hall–Kier alpha value is -2.97. The van der Waals surface area contributed by atoms with Crippen LogP contribution >= 0.6 is 34.4 Å². The molecule has 3 rings (SSSR count). The number of halogens is 1. The van der Waals surface area contributed by atoms with Gasteiger partial charge in [-0.15, -0.1) is 6.42 Å². The number of imide groups is 1. The van der Waals surface area contributed by atoms with Crippen molar-refractivity contribution in [1.82, 2.24) is 4.90 Å². The van der Waals surface area contributed by atoms with Gasteiger partial charge in [0.05, 0.1) is 27.2 Å². The molecule has 0 aromatic heterocycles. The van der Waals surface area contributed by atoms with Crippen LogP contribution in [-0.2, 0) is 11.4 Å². The van der Waals surface area contributed by atoms with Crippen LogP contribution in [0.3, 0.4) is 0 Å². The minimum Gasteiger partial charge on any atom is -0.490 e. The Bertz CT molecular complexity index is 1150. The van der Waals surface area contributed by atoms with E-state index in [4.69, 9.17) is 21.0 Å². The van der Waals surface area contributed by atoms with Crippen LogP contribution in [0.1, 0.15) is 28.4 Å². The minimum atomic E-state index is -1.01. The average molecular weight is 563 g/mol. The predicted octanol–water partition coefficient (Wildman–Crippen LogP) is 4.64. The van der Waals surface area contributed by atoms with Gasteiger partial charge in [0.15, 0.2) is 11.5 Å². The van der Waals surface area contributed by atoms with Gasteiger partial charge in [-0.2, -0.15) is 0 Å². The zero-order chi connectivity index (χ0) is 23.3. The molecular formula is C23H18INO6S. The summed E-state index contributed by atoms with van der Waals surface area (Å²) in [6, 6.07) is 10.0. The molecule has 2 amide bonds. The normalized spacial score (nSPS) is 14.5. The lowest BCUT2D eigenvalue weighted by atomic mass is 10.1. The summed E-state index contributed by atoms with van der Waals surface area (Å²) in [5.74, 6) is 1.85. The summed E-state index contributed by atoms with van der Waals surface area (Å²) in [6.45, 7) is 2.31. The number of hydrogen-bond acceptors (Lipinski definition) is 6. The van der Waals surface area contributed by atoms with Crippen LogP contribution in [0.4, 0.5) is 4.79 Å². The maximum Gasteiger partial charge on any atom is 0.335 e. The molecule has 1 heterocycles. The third kappa shape index (κ3) is 5.44. The SMILES string of the molecule is C#CCN1C(=O)S/C(=C\c2cc(I)c(OCc3cccc(C(=O)O)c3)c(OCC)c2)C1=O. The molecule has 7 nitrogen and oxygen atoms in total. The van der Waals surface area contributed by atoms with Crippen LogP contribution in [-0.4, -0.2) is 40.3 Å². The summed E-state index contributed by atoms with van der Waals surface area (Å²) in [5.41, 5.74) is 1.55. The monoisotopic (exact) mass is 563 g/mol. The van der Waals surface area contributed by atoms with Crippen molar-refractivity contribution in [2.45, 2.75) is 13.5 Å². The van der Waals surface area contributed by atoms with Crippen molar-refractivity contribution in [1.29, 1.82) is 0 Å². The molecular weight excluding hydrogens is 545 g/mol. The number of aromatic carboxylic acids is 1. The molecule has 1 N–H and O–H groups in total. The Morgan fingerprint density at radius 3 is 2.75 bits per heavy atom. The molecule has 1 fully saturated rings. The highest BCUT2D eigenvalue weighted by atomic mass is 127. The van der Waals surface area contributed by atoms with Gasteiger partial charge in [-0.25, -0.2) is 4.79 Å². The fourth-order valence-corrected chi connectivity index (χ4v) is 4.52. The number of carbonyl (C=O) groups excluding carboxylic acids is 2. The largest absolute Gasteiger partial charge is 0.490 e. The van der Waals surface area contributed by atoms with E-state index in [1.807, 2.05) is 6.92 Å². The van der Waals surface area contributed by atoms with E-state index < -0.39 is 17.1 Å². The highest BCUT2D eigenvalue weighted by Gasteiger charge is 2.34. The van der Waals surface area contributed by atoms with Gasteiger partial charge in [0.1, 0.15) is 6.61 Å². The topological polar surface area (TPSA) is 93.1 Å². The maximum absolute atomic E-state index is 12.4. The first kappa shape index (κ1) is 23.7. The Balaban J connectivity index is 1.86. The van der Waals surface area contributed by atoms with Crippen molar-refractivity contribution in [3.05, 3.63) is 61.6 Å². The Labute approximate surface area is 202 Å². The lowest BCUT2D eigenvalue weighted by Gasteiger charge is -2.15. The fourth-order valence-electron chi connectivity index (χ4n) is 2.90. The molecule has 0 aliphatic carbocycles. The number of thioether (sulfide) groups is 1. The highest BCUT2D eigenvalue weighted by molar-refractivity contribution is 14.1. The lowest BCUT2D eigenvalue weighted by molar-refractivity contribution is -0.122. The second-order valence-electron chi connectivity index (χ2n) is 6.53. The van der Waals surface area contributed by atoms with Gasteiger partial charge < -0.3 is 14.6 Å². The standard InChI is InChI=1S/C23H18INO6S/c1-3-8-25-21(26)19(32-23(25)29)12-15-10-17(24)20(18(11-15)30-4-2)31-13-14-6-5-7-16(9-14)22(27)28/h1,5-7,9-12H,4,8,13H2,2H3,(H,27,28)/b19-12-. The lowest BCUT2D eigenvalue weighted by Crippen LogP contribution is -2.28. The fraction of sp³-hybridized carbons (Fsp3) is 0.174. The smallest absolute Gasteiger partial charge is 0.335 e. The maximum atomic E-state index is 12.4. The zero-order valence-corrected chi connectivity index (χ0v) is 19.9. The van der Waals surface area contributed by atoms with Gasteiger partial charge in [0.25, 0.3) is 11.1 Å². The summed E-state index contributed by atoms with van der Waals surface area (Å²) >= 11 is 2.94. The van der Waals surface area contributed by atoms with E-state index in [0.717, 1.165) is 20.2 Å². The highest BCUT2D eigenvalue weighted by Crippen LogP contribution is 2.37. The molecule has 1 aliphatic heterocycles. The summed E-state index contributed by atoms with van der Waals surface area (Å²) in [4.78, 5) is 36.9. The summed E-state index contributed by atoms with van der Waals surface area (Å²) < 4.78 is 12.4. The van der Waals surface area contributed by atoms with E-state index in [0.29, 0.717) is 29.2 Å². The van der Waals surface area contributed by atoms with E-state index >= 15 is 0 Å². The van der Waals surface area contributed by atoms with Gasteiger partial charge in [-0.05, 0) is 82.7 Å². The molecule has 0 spiro atoms. The van der Waals surface area contributed by atoms with Crippen molar-refractivity contribution in [3.63, 3.8) is 0 Å². The number of nitrogens with zero attached hydrogens (tertiary/aromatic N) is 1. The van der Waals surface area contributed by atoms with E-state index in [-0.39, 0.29) is 23.6 Å². The van der Waals surface area contributed by atoms with E-state index in [1.54, 1.807) is 36.4 Å². The van der Waals surface area contributed by atoms with Gasteiger partial charge in [-0.3, -0.25) is 14.5 Å². The van der Waals surface area contributed by atoms with Crippen molar-refractivity contribution in [2.75, 3.05) is 13.2 Å². The number of carboxylic acids is 1.